The molecule has 0 aliphatic carbocycles. The zero-order valence-electron chi connectivity index (χ0n) is 8.18. The van der Waals surface area contributed by atoms with Crippen LogP contribution in [-0.4, -0.2) is 29.3 Å². The van der Waals surface area contributed by atoms with Crippen LogP contribution in [0.2, 0.25) is 0 Å². The maximum atomic E-state index is 11.4. The Balaban J connectivity index is 2.69. The number of fused-ring (bicyclic) bond motifs is 1. The molecule has 5 nitrogen and oxygen atoms in total. The molecule has 0 aromatic carbocycles. The first-order valence-corrected chi connectivity index (χ1v) is 5.36. The maximum Gasteiger partial charge on any atom is 0.375 e. The van der Waals surface area contributed by atoms with Gasteiger partial charge in [0.2, 0.25) is 11.5 Å². The zero-order valence-corrected chi connectivity index (χ0v) is 9.00. The summed E-state index contributed by atoms with van der Waals surface area (Å²) in [5, 5.41) is 0. The second kappa shape index (κ2) is 3.90. The summed E-state index contributed by atoms with van der Waals surface area (Å²) in [5.74, 6) is -0.356. The Kier molecular flexibility index (Phi) is 2.59. The number of carbonyl (C=O) groups is 1. The van der Waals surface area contributed by atoms with E-state index in [9.17, 15) is 4.79 Å². The molecule has 2 rings (SSSR count). The molecule has 2 heterocycles. The highest BCUT2D eigenvalue weighted by Crippen LogP contribution is 2.30. The summed E-state index contributed by atoms with van der Waals surface area (Å²) in [6.45, 7) is 0. The van der Waals surface area contributed by atoms with Gasteiger partial charge in [-0.25, -0.2) is 14.8 Å². The van der Waals surface area contributed by atoms with E-state index in [-0.39, 0.29) is 5.76 Å². The molecule has 0 aliphatic rings. The fraction of sp³-hybridized carbons (Fsp3) is 0.222. The van der Waals surface area contributed by atoms with Crippen molar-refractivity contribution in [1.82, 2.24) is 9.97 Å². The topological polar surface area (TPSA) is 65.2 Å². The molecule has 2 aromatic heterocycles. The minimum atomic E-state index is -0.515. The van der Waals surface area contributed by atoms with Crippen molar-refractivity contribution in [2.45, 2.75) is 4.90 Å². The van der Waals surface area contributed by atoms with Crippen LogP contribution in [0.1, 0.15) is 10.6 Å². The van der Waals surface area contributed by atoms with Crippen LogP contribution in [0.25, 0.3) is 11.2 Å². The molecule has 0 bridgehead atoms. The molecule has 0 amide bonds. The van der Waals surface area contributed by atoms with Gasteiger partial charge in [-0.1, -0.05) is 0 Å². The average Bonchev–Trinajstić information content (AvgIpc) is 2.66. The predicted molar refractivity (Wildman–Crippen MR) is 54.9 cm³/mol. The summed E-state index contributed by atoms with van der Waals surface area (Å²) in [5.41, 5.74) is 0.938. The Labute approximate surface area is 89.8 Å². The van der Waals surface area contributed by atoms with Crippen LogP contribution in [0.3, 0.4) is 0 Å². The van der Waals surface area contributed by atoms with Gasteiger partial charge in [-0.2, -0.15) is 0 Å². The van der Waals surface area contributed by atoms with Crippen molar-refractivity contribution in [2.75, 3.05) is 13.4 Å². The number of furan rings is 1. The molecule has 0 radical (unpaired) electrons. The van der Waals surface area contributed by atoms with Crippen molar-refractivity contribution >= 4 is 29.0 Å². The highest BCUT2D eigenvalue weighted by atomic mass is 32.2. The summed E-state index contributed by atoms with van der Waals surface area (Å²) >= 11 is 1.38. The molecular weight excluding hydrogens is 216 g/mol. The van der Waals surface area contributed by atoms with E-state index in [1.165, 1.54) is 25.1 Å². The van der Waals surface area contributed by atoms with Gasteiger partial charge in [0, 0.05) is 12.4 Å². The molecule has 0 unspecified atom stereocenters. The summed E-state index contributed by atoms with van der Waals surface area (Å²) < 4.78 is 9.88. The van der Waals surface area contributed by atoms with Gasteiger partial charge in [-0.05, 0) is 6.26 Å². The number of thioether (sulfide) groups is 1. The fourth-order valence-electron chi connectivity index (χ4n) is 1.22. The normalized spacial score (nSPS) is 10.5. The molecule has 0 N–H and O–H groups in total. The van der Waals surface area contributed by atoms with E-state index in [1.807, 2.05) is 6.26 Å². The minimum Gasteiger partial charge on any atom is -0.463 e. The molecule has 0 fully saturated rings. The first kappa shape index (κ1) is 9.97. The van der Waals surface area contributed by atoms with Crippen LogP contribution >= 0.6 is 11.8 Å². The molecule has 6 heteroatoms. The van der Waals surface area contributed by atoms with Gasteiger partial charge in [0.05, 0.1) is 12.0 Å². The molecule has 2 aromatic rings. The van der Waals surface area contributed by atoms with E-state index >= 15 is 0 Å². The smallest absolute Gasteiger partial charge is 0.375 e. The standard InChI is InChI=1S/C9H8N2O3S/c1-13-9(12)6-7(15-2)5-8(14-6)11-4-3-10-5/h3-4H,1-2H3. The first-order valence-electron chi connectivity index (χ1n) is 4.13. The average molecular weight is 224 g/mol. The van der Waals surface area contributed by atoms with Crippen molar-refractivity contribution < 1.29 is 13.9 Å². The van der Waals surface area contributed by atoms with Gasteiger partial charge in [0.25, 0.3) is 0 Å². The van der Waals surface area contributed by atoms with Gasteiger partial charge in [-0.3, -0.25) is 0 Å². The Morgan fingerprint density at radius 2 is 2.20 bits per heavy atom. The lowest BCUT2D eigenvalue weighted by Gasteiger charge is -1.95. The van der Waals surface area contributed by atoms with Crippen LogP contribution < -0.4 is 0 Å². The van der Waals surface area contributed by atoms with Crippen molar-refractivity contribution in [3.63, 3.8) is 0 Å². The molecule has 15 heavy (non-hydrogen) atoms. The highest BCUT2D eigenvalue weighted by molar-refractivity contribution is 7.98. The van der Waals surface area contributed by atoms with Crippen LogP contribution in [0.15, 0.2) is 21.7 Å². The molecule has 0 saturated carbocycles. The van der Waals surface area contributed by atoms with E-state index in [0.29, 0.717) is 16.1 Å². The number of methoxy groups -OCH3 is 1. The van der Waals surface area contributed by atoms with Gasteiger partial charge >= 0.3 is 5.97 Å². The van der Waals surface area contributed by atoms with Crippen LogP contribution in [0, 0.1) is 0 Å². The molecule has 78 valence electrons. The van der Waals surface area contributed by atoms with Crippen molar-refractivity contribution in [3.8, 4) is 0 Å². The highest BCUT2D eigenvalue weighted by Gasteiger charge is 2.21. The largest absolute Gasteiger partial charge is 0.463 e. The lowest BCUT2D eigenvalue weighted by Crippen LogP contribution is -2.00. The van der Waals surface area contributed by atoms with Crippen LogP contribution in [0.5, 0.6) is 0 Å². The summed E-state index contributed by atoms with van der Waals surface area (Å²) in [4.78, 5) is 20.1. The van der Waals surface area contributed by atoms with Crippen molar-refractivity contribution in [3.05, 3.63) is 18.2 Å². The third-order valence-electron chi connectivity index (χ3n) is 1.86. The van der Waals surface area contributed by atoms with Crippen molar-refractivity contribution in [1.29, 1.82) is 0 Å². The number of carbonyl (C=O) groups excluding carboxylic acids is 1. The van der Waals surface area contributed by atoms with E-state index in [0.717, 1.165) is 0 Å². The predicted octanol–water partition coefficient (Wildman–Crippen LogP) is 1.73. The molecule has 0 saturated heterocycles. The minimum absolute atomic E-state index is 0.159. The molecule has 0 atom stereocenters. The summed E-state index contributed by atoms with van der Waals surface area (Å²) in [7, 11) is 1.31. The quantitative estimate of drug-likeness (QED) is 0.571. The Morgan fingerprint density at radius 3 is 2.87 bits per heavy atom. The Hall–Kier alpha value is -1.56. The van der Waals surface area contributed by atoms with Gasteiger partial charge in [0.15, 0.2) is 0 Å². The van der Waals surface area contributed by atoms with Crippen molar-refractivity contribution in [2.24, 2.45) is 0 Å². The van der Waals surface area contributed by atoms with E-state index in [4.69, 9.17) is 4.42 Å². The summed E-state index contributed by atoms with van der Waals surface area (Å²) in [6, 6.07) is 0. The lowest BCUT2D eigenvalue weighted by atomic mass is 10.4. The lowest BCUT2D eigenvalue weighted by molar-refractivity contribution is 0.0562. The third-order valence-corrected chi connectivity index (χ3v) is 2.65. The Morgan fingerprint density at radius 1 is 1.47 bits per heavy atom. The number of hydrogen-bond donors (Lipinski definition) is 0. The number of hydrogen-bond acceptors (Lipinski definition) is 6. The van der Waals surface area contributed by atoms with E-state index in [2.05, 4.69) is 14.7 Å². The fourth-order valence-corrected chi connectivity index (χ4v) is 1.87. The molecule has 0 aliphatic heterocycles. The third kappa shape index (κ3) is 1.56. The van der Waals surface area contributed by atoms with Crippen LogP contribution in [0.4, 0.5) is 0 Å². The monoisotopic (exact) mass is 224 g/mol. The first-order chi connectivity index (χ1) is 7.27. The van der Waals surface area contributed by atoms with Crippen LogP contribution in [-0.2, 0) is 4.74 Å². The van der Waals surface area contributed by atoms with E-state index in [1.54, 1.807) is 6.20 Å². The Bertz CT molecular complexity index is 509. The second-order valence-electron chi connectivity index (χ2n) is 2.67. The molecule has 0 spiro atoms. The van der Waals surface area contributed by atoms with Gasteiger partial charge in [-0.15, -0.1) is 11.8 Å². The summed E-state index contributed by atoms with van der Waals surface area (Å²) in [6.07, 6.45) is 4.90. The number of esters is 1. The SMILES string of the molecule is COC(=O)c1oc2nccnc2c1SC. The van der Waals surface area contributed by atoms with E-state index < -0.39 is 5.97 Å². The second-order valence-corrected chi connectivity index (χ2v) is 3.48. The maximum absolute atomic E-state index is 11.4. The molecular formula is C9H8N2O3S. The van der Waals surface area contributed by atoms with Gasteiger partial charge in [0.1, 0.15) is 5.52 Å². The number of ether oxygens (including phenoxy) is 1. The zero-order chi connectivity index (χ0) is 10.8. The number of aromatic nitrogens is 2. The van der Waals surface area contributed by atoms with Gasteiger partial charge < -0.3 is 9.15 Å². The number of rotatable bonds is 2. The number of nitrogens with zero attached hydrogens (tertiary/aromatic N) is 2.